The van der Waals surface area contributed by atoms with E-state index in [1.807, 2.05) is 0 Å². The van der Waals surface area contributed by atoms with Crippen LogP contribution in [0.25, 0.3) is 0 Å². The van der Waals surface area contributed by atoms with Gasteiger partial charge in [-0.3, -0.25) is 4.90 Å². The fourth-order valence-corrected chi connectivity index (χ4v) is 1.28. The van der Waals surface area contributed by atoms with E-state index in [1.54, 1.807) is 11.8 Å². The minimum atomic E-state index is 0.233. The van der Waals surface area contributed by atoms with Crippen LogP contribution in [0.1, 0.15) is 13.8 Å². The van der Waals surface area contributed by atoms with Gasteiger partial charge < -0.3 is 5.11 Å². The highest BCUT2D eigenvalue weighted by molar-refractivity contribution is 7.99. The molecule has 0 saturated carbocycles. The summed E-state index contributed by atoms with van der Waals surface area (Å²) in [6, 6.07) is 0. The molecule has 0 unspecified atom stereocenters. The molecule has 0 atom stereocenters. The summed E-state index contributed by atoms with van der Waals surface area (Å²) in [5.41, 5.74) is 0. The smallest absolute Gasteiger partial charge is 0.0898 e. The molecular formula is C6H15NOS. The van der Waals surface area contributed by atoms with Crippen LogP contribution in [0.5, 0.6) is 0 Å². The fourth-order valence-electron chi connectivity index (χ4n) is 0.576. The molecule has 0 bridgehead atoms. The summed E-state index contributed by atoms with van der Waals surface area (Å²) in [4.78, 5) is 2.26. The standard InChI is InChI=1S/C6H15NOS/c1-3-7(4-2)5-9-6-8/h8H,3-6H2,1-2H3. The van der Waals surface area contributed by atoms with Gasteiger partial charge in [0.15, 0.2) is 0 Å². The van der Waals surface area contributed by atoms with Gasteiger partial charge in [0, 0.05) is 5.88 Å². The lowest BCUT2D eigenvalue weighted by atomic mass is 10.6. The van der Waals surface area contributed by atoms with Crippen molar-refractivity contribution in [2.75, 3.05) is 24.9 Å². The van der Waals surface area contributed by atoms with E-state index in [4.69, 9.17) is 5.11 Å². The maximum absolute atomic E-state index is 8.44. The van der Waals surface area contributed by atoms with Gasteiger partial charge in [-0.05, 0) is 13.1 Å². The first-order valence-corrected chi connectivity index (χ1v) is 4.41. The van der Waals surface area contributed by atoms with Crippen molar-refractivity contribution in [3.8, 4) is 0 Å². The van der Waals surface area contributed by atoms with Crippen molar-refractivity contribution < 1.29 is 5.11 Å². The minimum absolute atomic E-state index is 0.233. The molecule has 3 heteroatoms. The zero-order chi connectivity index (χ0) is 7.11. The molecular weight excluding hydrogens is 134 g/mol. The number of aliphatic hydroxyl groups is 1. The van der Waals surface area contributed by atoms with Crippen LogP contribution in [0.15, 0.2) is 0 Å². The molecule has 0 heterocycles. The molecule has 0 fully saturated rings. The van der Waals surface area contributed by atoms with Crippen LogP contribution >= 0.6 is 11.8 Å². The summed E-state index contributed by atoms with van der Waals surface area (Å²) < 4.78 is 0. The van der Waals surface area contributed by atoms with Crippen LogP contribution < -0.4 is 0 Å². The first-order valence-electron chi connectivity index (χ1n) is 3.26. The molecule has 0 amide bonds. The molecule has 0 spiro atoms. The SMILES string of the molecule is CCN(CC)CSCO. The van der Waals surface area contributed by atoms with Crippen molar-refractivity contribution in [3.05, 3.63) is 0 Å². The van der Waals surface area contributed by atoms with Crippen molar-refractivity contribution in [2.24, 2.45) is 0 Å². The summed E-state index contributed by atoms with van der Waals surface area (Å²) in [6.07, 6.45) is 0. The number of rotatable bonds is 5. The van der Waals surface area contributed by atoms with Gasteiger partial charge in [0.05, 0.1) is 5.94 Å². The van der Waals surface area contributed by atoms with Gasteiger partial charge in [-0.15, -0.1) is 11.8 Å². The average molecular weight is 149 g/mol. The largest absolute Gasteiger partial charge is 0.386 e. The van der Waals surface area contributed by atoms with E-state index in [2.05, 4.69) is 18.7 Å². The Bertz CT molecular complexity index is 57.0. The predicted molar refractivity (Wildman–Crippen MR) is 42.5 cm³/mol. The van der Waals surface area contributed by atoms with Gasteiger partial charge in [-0.2, -0.15) is 0 Å². The number of nitrogens with zero attached hydrogens (tertiary/aromatic N) is 1. The Balaban J connectivity index is 3.09. The highest BCUT2D eigenvalue weighted by Gasteiger charge is 1.95. The monoisotopic (exact) mass is 149 g/mol. The van der Waals surface area contributed by atoms with Crippen molar-refractivity contribution in [1.29, 1.82) is 0 Å². The third-order valence-corrected chi connectivity index (χ3v) is 1.99. The van der Waals surface area contributed by atoms with E-state index in [9.17, 15) is 0 Å². The van der Waals surface area contributed by atoms with Gasteiger partial charge in [0.25, 0.3) is 0 Å². The van der Waals surface area contributed by atoms with E-state index in [0.717, 1.165) is 19.0 Å². The zero-order valence-corrected chi connectivity index (χ0v) is 6.95. The second kappa shape index (κ2) is 6.39. The quantitative estimate of drug-likeness (QED) is 0.589. The lowest BCUT2D eigenvalue weighted by molar-refractivity contribution is 0.347. The molecule has 0 aliphatic carbocycles. The molecule has 2 nitrogen and oxygen atoms in total. The second-order valence-electron chi connectivity index (χ2n) is 1.77. The molecule has 56 valence electrons. The first-order chi connectivity index (χ1) is 4.35. The van der Waals surface area contributed by atoms with Gasteiger partial charge >= 0.3 is 0 Å². The van der Waals surface area contributed by atoms with Gasteiger partial charge in [0.1, 0.15) is 0 Å². The summed E-state index contributed by atoms with van der Waals surface area (Å²) in [6.45, 7) is 6.40. The van der Waals surface area contributed by atoms with Crippen LogP contribution in [0.3, 0.4) is 0 Å². The Hall–Kier alpha value is 0.270. The maximum Gasteiger partial charge on any atom is 0.0898 e. The molecule has 0 radical (unpaired) electrons. The second-order valence-corrected chi connectivity index (χ2v) is 2.69. The Kier molecular flexibility index (Phi) is 6.58. The lowest BCUT2D eigenvalue weighted by Gasteiger charge is -2.15. The fraction of sp³-hybridized carbons (Fsp3) is 1.00. The molecule has 0 rings (SSSR count). The van der Waals surface area contributed by atoms with Crippen molar-refractivity contribution in [1.82, 2.24) is 4.90 Å². The first kappa shape index (κ1) is 9.27. The van der Waals surface area contributed by atoms with Gasteiger partial charge in [-0.1, -0.05) is 13.8 Å². The molecule has 0 aliphatic rings. The van der Waals surface area contributed by atoms with Crippen LogP contribution in [0.4, 0.5) is 0 Å². The average Bonchev–Trinajstić information content (AvgIpc) is 1.91. The summed E-state index contributed by atoms with van der Waals surface area (Å²) in [5, 5.41) is 8.44. The van der Waals surface area contributed by atoms with Crippen molar-refractivity contribution in [3.63, 3.8) is 0 Å². The Labute approximate surface area is 61.2 Å². The van der Waals surface area contributed by atoms with E-state index in [0.29, 0.717) is 0 Å². The minimum Gasteiger partial charge on any atom is -0.386 e. The van der Waals surface area contributed by atoms with Crippen molar-refractivity contribution in [2.45, 2.75) is 13.8 Å². The molecule has 0 aromatic carbocycles. The summed E-state index contributed by atoms with van der Waals surface area (Å²) in [5.74, 6) is 1.18. The summed E-state index contributed by atoms with van der Waals surface area (Å²) >= 11 is 1.55. The Morgan fingerprint density at radius 3 is 2.22 bits per heavy atom. The highest BCUT2D eigenvalue weighted by atomic mass is 32.2. The van der Waals surface area contributed by atoms with Crippen LogP contribution in [-0.2, 0) is 0 Å². The normalized spacial score (nSPS) is 10.7. The number of hydrogen-bond donors (Lipinski definition) is 1. The summed E-state index contributed by atoms with van der Waals surface area (Å²) in [7, 11) is 0. The van der Waals surface area contributed by atoms with E-state index in [1.165, 1.54) is 0 Å². The van der Waals surface area contributed by atoms with E-state index < -0.39 is 0 Å². The Morgan fingerprint density at radius 1 is 1.33 bits per heavy atom. The third kappa shape index (κ3) is 4.75. The molecule has 0 aromatic heterocycles. The lowest BCUT2D eigenvalue weighted by Crippen LogP contribution is -2.22. The highest BCUT2D eigenvalue weighted by Crippen LogP contribution is 2.00. The molecule has 0 saturated heterocycles. The molecule has 0 aliphatic heterocycles. The topological polar surface area (TPSA) is 23.5 Å². The number of thioether (sulfide) groups is 1. The van der Waals surface area contributed by atoms with Gasteiger partial charge in [-0.25, -0.2) is 0 Å². The van der Waals surface area contributed by atoms with E-state index in [-0.39, 0.29) is 5.94 Å². The van der Waals surface area contributed by atoms with Crippen molar-refractivity contribution >= 4 is 11.8 Å². The molecule has 0 aromatic rings. The number of aliphatic hydroxyl groups excluding tert-OH is 1. The molecule has 9 heavy (non-hydrogen) atoms. The molecule has 1 N–H and O–H groups in total. The van der Waals surface area contributed by atoms with Gasteiger partial charge in [0.2, 0.25) is 0 Å². The van der Waals surface area contributed by atoms with E-state index >= 15 is 0 Å². The maximum atomic E-state index is 8.44. The van der Waals surface area contributed by atoms with Crippen LogP contribution in [-0.4, -0.2) is 34.9 Å². The van der Waals surface area contributed by atoms with Crippen LogP contribution in [0, 0.1) is 0 Å². The zero-order valence-electron chi connectivity index (χ0n) is 6.13. The predicted octanol–water partition coefficient (Wildman–Crippen LogP) is 0.969. The third-order valence-electron chi connectivity index (χ3n) is 1.26. The number of hydrogen-bond acceptors (Lipinski definition) is 3. The Morgan fingerprint density at radius 2 is 1.89 bits per heavy atom. The van der Waals surface area contributed by atoms with Crippen LogP contribution in [0.2, 0.25) is 0 Å².